The Labute approximate surface area is 179 Å². The van der Waals surface area contributed by atoms with Gasteiger partial charge in [0.25, 0.3) is 5.91 Å². The number of amides is 2. The van der Waals surface area contributed by atoms with Crippen molar-refractivity contribution in [1.29, 1.82) is 0 Å². The molecule has 0 aliphatic heterocycles. The van der Waals surface area contributed by atoms with Crippen molar-refractivity contribution < 1.29 is 19.1 Å². The van der Waals surface area contributed by atoms with E-state index in [4.69, 9.17) is 9.47 Å². The number of para-hydroxylation sites is 1. The van der Waals surface area contributed by atoms with Crippen LogP contribution in [0, 0.1) is 0 Å². The largest absolute Gasteiger partial charge is 0.490 e. The number of hydrogen-bond acceptors (Lipinski definition) is 4. The predicted molar refractivity (Wildman–Crippen MR) is 119 cm³/mol. The number of rotatable bonds is 9. The van der Waals surface area contributed by atoms with Gasteiger partial charge in [0.15, 0.2) is 11.5 Å². The summed E-state index contributed by atoms with van der Waals surface area (Å²) >= 11 is 0. The van der Waals surface area contributed by atoms with Crippen LogP contribution < -0.4 is 20.1 Å². The number of hydrogen-bond donors (Lipinski definition) is 2. The molecular formula is C24H32N2O4. The van der Waals surface area contributed by atoms with Gasteiger partial charge >= 0.3 is 0 Å². The van der Waals surface area contributed by atoms with E-state index in [1.807, 2.05) is 52.8 Å². The summed E-state index contributed by atoms with van der Waals surface area (Å²) in [7, 11) is 0. The summed E-state index contributed by atoms with van der Waals surface area (Å²) in [6.45, 7) is 10.7. The number of ether oxygens (including phenoxy) is 2. The zero-order chi connectivity index (χ0) is 22.1. The maximum Gasteiger partial charge on any atom is 0.253 e. The van der Waals surface area contributed by atoms with Crippen LogP contribution >= 0.6 is 0 Å². The van der Waals surface area contributed by atoms with Gasteiger partial charge in [-0.15, -0.1) is 0 Å². The van der Waals surface area contributed by atoms with Gasteiger partial charge in [-0.3, -0.25) is 9.59 Å². The molecule has 162 valence electrons. The zero-order valence-electron chi connectivity index (χ0n) is 18.5. The molecule has 0 aromatic heterocycles. The fourth-order valence-electron chi connectivity index (χ4n) is 2.92. The van der Waals surface area contributed by atoms with Crippen molar-refractivity contribution in [3.05, 3.63) is 53.6 Å². The Bertz CT molecular complexity index is 872. The molecule has 30 heavy (non-hydrogen) atoms. The smallest absolute Gasteiger partial charge is 0.253 e. The maximum atomic E-state index is 12.5. The normalized spacial score (nSPS) is 11.0. The standard InChI is InChI=1S/C24H32N2O4/c1-6-29-20-14-12-17(16-21(20)30-7-2)13-15-22(27)25-19-11-9-8-10-18(19)23(28)26-24(3,4)5/h8-12,14,16H,6-7,13,15H2,1-5H3,(H,25,27)(H,26,28). The number of anilines is 1. The maximum absolute atomic E-state index is 12.5. The Morgan fingerprint density at radius 3 is 2.27 bits per heavy atom. The third kappa shape index (κ3) is 7.10. The molecule has 0 aliphatic carbocycles. The van der Waals surface area contributed by atoms with E-state index in [2.05, 4.69) is 10.6 Å². The molecule has 0 spiro atoms. The third-order valence-corrected chi connectivity index (χ3v) is 4.18. The lowest BCUT2D eigenvalue weighted by Crippen LogP contribution is -2.40. The van der Waals surface area contributed by atoms with Gasteiger partial charge in [-0.2, -0.15) is 0 Å². The second-order valence-electron chi connectivity index (χ2n) is 7.94. The fraction of sp³-hybridized carbons (Fsp3) is 0.417. The fourth-order valence-corrected chi connectivity index (χ4v) is 2.92. The van der Waals surface area contributed by atoms with Crippen LogP contribution in [0.25, 0.3) is 0 Å². The first kappa shape index (κ1) is 23.3. The molecule has 6 heteroatoms. The van der Waals surface area contributed by atoms with Crippen LogP contribution in [-0.2, 0) is 11.2 Å². The van der Waals surface area contributed by atoms with Crippen LogP contribution in [-0.4, -0.2) is 30.6 Å². The van der Waals surface area contributed by atoms with Gasteiger partial charge in [-0.05, 0) is 70.9 Å². The van der Waals surface area contributed by atoms with Gasteiger partial charge in [0.05, 0.1) is 24.5 Å². The van der Waals surface area contributed by atoms with E-state index in [0.29, 0.717) is 42.4 Å². The molecule has 2 N–H and O–H groups in total. The highest BCUT2D eigenvalue weighted by atomic mass is 16.5. The molecule has 0 bridgehead atoms. The van der Waals surface area contributed by atoms with E-state index in [1.54, 1.807) is 24.3 Å². The van der Waals surface area contributed by atoms with Crippen LogP contribution in [0.4, 0.5) is 5.69 Å². The second-order valence-corrected chi connectivity index (χ2v) is 7.94. The first-order valence-electron chi connectivity index (χ1n) is 10.3. The van der Waals surface area contributed by atoms with E-state index < -0.39 is 0 Å². The topological polar surface area (TPSA) is 76.7 Å². The number of carbonyl (C=O) groups is 2. The molecular weight excluding hydrogens is 380 g/mol. The third-order valence-electron chi connectivity index (χ3n) is 4.18. The second kappa shape index (κ2) is 10.7. The highest BCUT2D eigenvalue weighted by molar-refractivity contribution is 6.04. The van der Waals surface area contributed by atoms with E-state index in [-0.39, 0.29) is 23.8 Å². The van der Waals surface area contributed by atoms with Gasteiger partial charge < -0.3 is 20.1 Å². The van der Waals surface area contributed by atoms with Crippen LogP contribution in [0.2, 0.25) is 0 Å². The van der Waals surface area contributed by atoms with Crippen molar-refractivity contribution in [3.63, 3.8) is 0 Å². The minimum atomic E-state index is -0.361. The van der Waals surface area contributed by atoms with Crippen LogP contribution in [0.3, 0.4) is 0 Å². The number of aryl methyl sites for hydroxylation is 1. The molecule has 0 unspecified atom stereocenters. The summed E-state index contributed by atoms with van der Waals surface area (Å²) in [6, 6.07) is 12.7. The Kier molecular flexibility index (Phi) is 8.27. The van der Waals surface area contributed by atoms with Crippen molar-refractivity contribution in [3.8, 4) is 11.5 Å². The summed E-state index contributed by atoms with van der Waals surface area (Å²) in [6.07, 6.45) is 0.837. The molecule has 2 aromatic carbocycles. The van der Waals surface area contributed by atoms with Gasteiger partial charge in [0, 0.05) is 12.0 Å². The van der Waals surface area contributed by atoms with Crippen molar-refractivity contribution in [1.82, 2.24) is 5.32 Å². The molecule has 0 aliphatic rings. The van der Waals surface area contributed by atoms with Gasteiger partial charge in [0.2, 0.25) is 5.91 Å². The SMILES string of the molecule is CCOc1ccc(CCC(=O)Nc2ccccc2C(=O)NC(C)(C)C)cc1OCC. The molecule has 2 amide bonds. The summed E-state index contributed by atoms with van der Waals surface area (Å²) in [5.41, 5.74) is 1.57. The minimum Gasteiger partial charge on any atom is -0.490 e. The highest BCUT2D eigenvalue weighted by Gasteiger charge is 2.18. The van der Waals surface area contributed by atoms with Gasteiger partial charge in [0.1, 0.15) is 0 Å². The summed E-state index contributed by atoms with van der Waals surface area (Å²) in [4.78, 5) is 25.1. The van der Waals surface area contributed by atoms with Crippen molar-refractivity contribution in [2.75, 3.05) is 18.5 Å². The van der Waals surface area contributed by atoms with E-state index in [0.717, 1.165) is 5.56 Å². The Hall–Kier alpha value is -3.02. The average molecular weight is 413 g/mol. The highest BCUT2D eigenvalue weighted by Crippen LogP contribution is 2.29. The molecule has 0 fully saturated rings. The number of nitrogens with one attached hydrogen (secondary N) is 2. The summed E-state index contributed by atoms with van der Waals surface area (Å²) in [5.74, 6) is 1.01. The first-order chi connectivity index (χ1) is 14.2. The lowest BCUT2D eigenvalue weighted by atomic mass is 10.1. The Morgan fingerprint density at radius 1 is 0.933 bits per heavy atom. The minimum absolute atomic E-state index is 0.155. The molecule has 0 saturated carbocycles. The summed E-state index contributed by atoms with van der Waals surface area (Å²) in [5, 5.41) is 5.79. The van der Waals surface area contributed by atoms with Crippen LogP contribution in [0.5, 0.6) is 11.5 Å². The molecule has 6 nitrogen and oxygen atoms in total. The Morgan fingerprint density at radius 2 is 1.60 bits per heavy atom. The van der Waals surface area contributed by atoms with E-state index in [9.17, 15) is 9.59 Å². The lowest BCUT2D eigenvalue weighted by molar-refractivity contribution is -0.116. The van der Waals surface area contributed by atoms with Crippen molar-refractivity contribution in [2.24, 2.45) is 0 Å². The van der Waals surface area contributed by atoms with Crippen LogP contribution in [0.15, 0.2) is 42.5 Å². The van der Waals surface area contributed by atoms with Gasteiger partial charge in [-0.1, -0.05) is 18.2 Å². The van der Waals surface area contributed by atoms with E-state index in [1.165, 1.54) is 0 Å². The summed E-state index contributed by atoms with van der Waals surface area (Å²) < 4.78 is 11.2. The monoisotopic (exact) mass is 412 g/mol. The number of carbonyl (C=O) groups excluding carboxylic acids is 2. The molecule has 0 saturated heterocycles. The lowest BCUT2D eigenvalue weighted by Gasteiger charge is -2.21. The van der Waals surface area contributed by atoms with Crippen LogP contribution in [0.1, 0.15) is 57.0 Å². The van der Waals surface area contributed by atoms with Crippen molar-refractivity contribution >= 4 is 17.5 Å². The zero-order valence-corrected chi connectivity index (χ0v) is 18.5. The molecule has 0 radical (unpaired) electrons. The molecule has 2 rings (SSSR count). The Balaban J connectivity index is 2.03. The average Bonchev–Trinajstić information content (AvgIpc) is 2.67. The van der Waals surface area contributed by atoms with Crippen molar-refractivity contribution in [2.45, 2.75) is 53.0 Å². The molecule has 0 heterocycles. The predicted octanol–water partition coefficient (Wildman–Crippen LogP) is 4.58. The molecule has 0 atom stereocenters. The molecule has 2 aromatic rings. The van der Waals surface area contributed by atoms with E-state index >= 15 is 0 Å². The van der Waals surface area contributed by atoms with Gasteiger partial charge in [-0.25, -0.2) is 0 Å². The quantitative estimate of drug-likeness (QED) is 0.632. The number of benzene rings is 2. The first-order valence-corrected chi connectivity index (χ1v) is 10.3.